The van der Waals surface area contributed by atoms with Crippen molar-refractivity contribution in [2.75, 3.05) is 12.0 Å². The minimum atomic E-state index is -0.821. The summed E-state index contributed by atoms with van der Waals surface area (Å²) >= 11 is 0. The Morgan fingerprint density at radius 2 is 1.66 bits per heavy atom. The van der Waals surface area contributed by atoms with E-state index < -0.39 is 17.7 Å². The molecule has 0 bridgehead atoms. The third-order valence-corrected chi connectivity index (χ3v) is 6.79. The molecule has 0 spiro atoms. The number of rotatable bonds is 4. The third-order valence-electron chi connectivity index (χ3n) is 6.79. The highest BCUT2D eigenvalue weighted by Gasteiger charge is 2.48. The maximum atomic E-state index is 13.5. The molecule has 176 valence electrons. The molecule has 1 fully saturated rings. The highest BCUT2D eigenvalue weighted by atomic mass is 16.5. The van der Waals surface area contributed by atoms with E-state index in [1.54, 1.807) is 24.3 Å². The Morgan fingerprint density at radius 3 is 2.40 bits per heavy atom. The zero-order valence-electron chi connectivity index (χ0n) is 20.0. The molecular formula is C29H26N2O4. The van der Waals surface area contributed by atoms with Crippen LogP contribution in [0.2, 0.25) is 0 Å². The number of nitrogens with zero attached hydrogens (tertiary/aromatic N) is 1. The number of aryl methyl sites for hydroxylation is 3. The first-order valence-electron chi connectivity index (χ1n) is 11.4. The number of carbonyl (C=O) groups excluding carboxylic acids is 2. The summed E-state index contributed by atoms with van der Waals surface area (Å²) in [6.07, 6.45) is 0. The number of aromatic nitrogens is 1. The Morgan fingerprint density at radius 1 is 0.943 bits per heavy atom. The summed E-state index contributed by atoms with van der Waals surface area (Å²) in [5.41, 5.74) is 5.56. The molecule has 6 heteroatoms. The van der Waals surface area contributed by atoms with Gasteiger partial charge in [0, 0.05) is 27.8 Å². The number of aliphatic hydroxyl groups excluding tert-OH is 1. The number of aliphatic hydroxyl groups is 1. The minimum Gasteiger partial charge on any atom is -0.507 e. The molecule has 1 saturated heterocycles. The molecule has 0 radical (unpaired) electrons. The Balaban J connectivity index is 1.84. The van der Waals surface area contributed by atoms with E-state index in [1.807, 2.05) is 63.2 Å². The summed E-state index contributed by atoms with van der Waals surface area (Å²) in [7, 11) is 1.50. The van der Waals surface area contributed by atoms with Crippen LogP contribution in [0.5, 0.6) is 5.75 Å². The monoisotopic (exact) mass is 466 g/mol. The van der Waals surface area contributed by atoms with Crippen molar-refractivity contribution in [2.45, 2.75) is 26.8 Å². The van der Waals surface area contributed by atoms with E-state index >= 15 is 0 Å². The van der Waals surface area contributed by atoms with Crippen LogP contribution in [0.3, 0.4) is 0 Å². The SMILES string of the molecule is COc1ccccc1/C(O)=C1\C(=O)C(=O)N(c2ccc(C)c(C)c2)C1c1c(C)[nH]c2ccccc12. The van der Waals surface area contributed by atoms with E-state index in [0.29, 0.717) is 17.0 Å². The first-order chi connectivity index (χ1) is 16.8. The van der Waals surface area contributed by atoms with E-state index in [-0.39, 0.29) is 11.3 Å². The number of anilines is 1. The average Bonchev–Trinajstić information content (AvgIpc) is 3.32. The summed E-state index contributed by atoms with van der Waals surface area (Å²) in [5.74, 6) is -1.26. The molecule has 1 unspecified atom stereocenters. The Labute approximate surface area is 203 Å². The summed E-state index contributed by atoms with van der Waals surface area (Å²) in [6.45, 7) is 5.88. The molecule has 1 amide bonds. The van der Waals surface area contributed by atoms with Crippen LogP contribution >= 0.6 is 0 Å². The summed E-state index contributed by atoms with van der Waals surface area (Å²) < 4.78 is 5.44. The van der Waals surface area contributed by atoms with Gasteiger partial charge >= 0.3 is 0 Å². The standard InChI is InChI=1S/C29H26N2O4/c1-16-13-14-19(15-17(16)2)31-26(24-18(3)30-22-11-7-5-9-20(22)24)25(28(33)29(31)34)27(32)21-10-6-8-12-23(21)35-4/h5-15,26,30,32H,1-4H3/b27-25+. The summed E-state index contributed by atoms with van der Waals surface area (Å²) in [6, 6.07) is 19.5. The van der Waals surface area contributed by atoms with Crippen LogP contribution in [0.4, 0.5) is 5.69 Å². The van der Waals surface area contributed by atoms with Gasteiger partial charge in [0.1, 0.15) is 11.5 Å². The maximum absolute atomic E-state index is 13.5. The highest BCUT2D eigenvalue weighted by Crippen LogP contribution is 2.46. The van der Waals surface area contributed by atoms with Gasteiger partial charge in [-0.25, -0.2) is 0 Å². The zero-order valence-corrected chi connectivity index (χ0v) is 20.0. The number of nitrogens with one attached hydrogen (secondary N) is 1. The van der Waals surface area contributed by atoms with E-state index in [4.69, 9.17) is 4.74 Å². The van der Waals surface area contributed by atoms with Gasteiger partial charge in [-0.05, 0) is 62.2 Å². The lowest BCUT2D eigenvalue weighted by Crippen LogP contribution is -2.29. The van der Waals surface area contributed by atoms with Crippen LogP contribution in [0.15, 0.2) is 72.3 Å². The predicted octanol–water partition coefficient (Wildman–Crippen LogP) is 5.73. The number of carbonyl (C=O) groups is 2. The van der Waals surface area contributed by atoms with Crippen molar-refractivity contribution in [1.29, 1.82) is 0 Å². The number of hydrogen-bond donors (Lipinski definition) is 2. The van der Waals surface area contributed by atoms with Gasteiger partial charge in [-0.1, -0.05) is 36.4 Å². The lowest BCUT2D eigenvalue weighted by molar-refractivity contribution is -0.132. The largest absolute Gasteiger partial charge is 0.507 e. The van der Waals surface area contributed by atoms with Crippen LogP contribution in [0, 0.1) is 20.8 Å². The van der Waals surface area contributed by atoms with Gasteiger partial charge < -0.3 is 14.8 Å². The van der Waals surface area contributed by atoms with Gasteiger partial charge in [0.2, 0.25) is 0 Å². The van der Waals surface area contributed by atoms with Gasteiger partial charge in [0.25, 0.3) is 11.7 Å². The second kappa shape index (κ2) is 8.47. The van der Waals surface area contributed by atoms with Gasteiger partial charge in [-0.15, -0.1) is 0 Å². The zero-order chi connectivity index (χ0) is 24.9. The maximum Gasteiger partial charge on any atom is 0.300 e. The number of methoxy groups -OCH3 is 1. The van der Waals surface area contributed by atoms with Crippen molar-refractivity contribution in [3.8, 4) is 5.75 Å². The van der Waals surface area contributed by atoms with Gasteiger partial charge in [0.05, 0.1) is 24.3 Å². The number of hydrogen-bond acceptors (Lipinski definition) is 4. The molecule has 0 aliphatic carbocycles. The van der Waals surface area contributed by atoms with E-state index in [0.717, 1.165) is 33.3 Å². The minimum absolute atomic E-state index is 0.0329. The lowest BCUT2D eigenvalue weighted by atomic mass is 9.93. The molecule has 5 rings (SSSR count). The molecule has 35 heavy (non-hydrogen) atoms. The number of H-pyrrole nitrogens is 1. The Bertz CT molecular complexity index is 1530. The molecule has 4 aromatic rings. The Kier molecular flexibility index (Phi) is 5.44. The molecule has 6 nitrogen and oxygen atoms in total. The topological polar surface area (TPSA) is 82.6 Å². The van der Waals surface area contributed by atoms with Crippen molar-refractivity contribution < 1.29 is 19.4 Å². The summed E-state index contributed by atoms with van der Waals surface area (Å²) in [4.78, 5) is 32.0. The Hall–Kier alpha value is -4.32. The van der Waals surface area contributed by atoms with Crippen molar-refractivity contribution in [2.24, 2.45) is 0 Å². The van der Waals surface area contributed by atoms with Crippen molar-refractivity contribution >= 4 is 34.0 Å². The van der Waals surface area contributed by atoms with Crippen LogP contribution in [0.1, 0.15) is 34.0 Å². The van der Waals surface area contributed by atoms with Crippen molar-refractivity contribution in [3.63, 3.8) is 0 Å². The number of fused-ring (bicyclic) bond motifs is 1. The van der Waals surface area contributed by atoms with E-state index in [1.165, 1.54) is 12.0 Å². The van der Waals surface area contributed by atoms with Crippen LogP contribution in [-0.2, 0) is 9.59 Å². The number of aromatic amines is 1. The fraction of sp³-hybridized carbons (Fsp3) is 0.172. The number of benzene rings is 3. The first-order valence-corrected chi connectivity index (χ1v) is 11.4. The van der Waals surface area contributed by atoms with Crippen molar-refractivity contribution in [3.05, 3.63) is 100 Å². The van der Waals surface area contributed by atoms with Gasteiger partial charge in [-0.3, -0.25) is 14.5 Å². The van der Waals surface area contributed by atoms with Gasteiger partial charge in [-0.2, -0.15) is 0 Å². The second-order valence-corrected chi connectivity index (χ2v) is 8.85. The lowest BCUT2D eigenvalue weighted by Gasteiger charge is -2.26. The fourth-order valence-corrected chi connectivity index (χ4v) is 4.88. The highest BCUT2D eigenvalue weighted by molar-refractivity contribution is 6.52. The number of amides is 1. The molecule has 1 atom stereocenters. The van der Waals surface area contributed by atoms with E-state index in [9.17, 15) is 14.7 Å². The molecule has 0 saturated carbocycles. The first kappa shape index (κ1) is 22.5. The molecular weight excluding hydrogens is 440 g/mol. The normalized spacial score (nSPS) is 17.4. The number of para-hydroxylation sites is 2. The molecule has 2 heterocycles. The quantitative estimate of drug-likeness (QED) is 0.229. The molecule has 3 aromatic carbocycles. The smallest absolute Gasteiger partial charge is 0.300 e. The van der Waals surface area contributed by atoms with Gasteiger partial charge in [0.15, 0.2) is 0 Å². The molecule has 2 N–H and O–H groups in total. The molecule has 1 aromatic heterocycles. The van der Waals surface area contributed by atoms with Crippen LogP contribution in [0.25, 0.3) is 16.7 Å². The molecule has 1 aliphatic rings. The van der Waals surface area contributed by atoms with E-state index in [2.05, 4.69) is 4.98 Å². The number of ketones is 1. The van der Waals surface area contributed by atoms with Crippen LogP contribution in [-0.4, -0.2) is 28.9 Å². The average molecular weight is 467 g/mol. The van der Waals surface area contributed by atoms with Crippen LogP contribution < -0.4 is 9.64 Å². The second-order valence-electron chi connectivity index (χ2n) is 8.85. The van der Waals surface area contributed by atoms with Crippen molar-refractivity contribution in [1.82, 2.24) is 4.98 Å². The molecule has 1 aliphatic heterocycles. The third kappa shape index (κ3) is 3.49. The fourth-order valence-electron chi connectivity index (χ4n) is 4.88. The number of Topliss-reactive ketones (excluding diaryl/α,β-unsaturated/α-hetero) is 1. The summed E-state index contributed by atoms with van der Waals surface area (Å²) in [5, 5.41) is 12.4. The predicted molar refractivity (Wildman–Crippen MR) is 137 cm³/mol. The number of ether oxygens (including phenoxy) is 1.